The van der Waals surface area contributed by atoms with Gasteiger partial charge in [-0.05, 0) is 66.5 Å². The van der Waals surface area contributed by atoms with Gasteiger partial charge in [0, 0.05) is 10.1 Å². The minimum absolute atomic E-state index is 0.0357. The number of hydrogen-bond acceptors (Lipinski definition) is 1. The smallest absolute Gasteiger partial charge is 0.127 e. The van der Waals surface area contributed by atoms with Gasteiger partial charge < -0.3 is 4.57 Å². The standard InChI is InChI=1S/C15H18ClIN2/c1-10(16)15-18-13-8-12(17)6-7-14(13)19(15)9-11-4-2-3-5-11/h6-8,10-11H,2-5,9H2,1H3. The maximum Gasteiger partial charge on any atom is 0.127 e. The minimum Gasteiger partial charge on any atom is -0.326 e. The fraction of sp³-hybridized carbons (Fsp3) is 0.533. The maximum absolute atomic E-state index is 6.32. The highest BCUT2D eigenvalue weighted by atomic mass is 127. The molecule has 3 rings (SSSR count). The van der Waals surface area contributed by atoms with E-state index in [1.54, 1.807) is 0 Å². The molecule has 0 saturated heterocycles. The summed E-state index contributed by atoms with van der Waals surface area (Å²) in [5.41, 5.74) is 2.31. The first kappa shape index (κ1) is 13.7. The van der Waals surface area contributed by atoms with Crippen molar-refractivity contribution in [2.24, 2.45) is 5.92 Å². The number of halogens is 2. The van der Waals surface area contributed by atoms with Gasteiger partial charge in [-0.1, -0.05) is 12.8 Å². The zero-order chi connectivity index (χ0) is 13.4. The lowest BCUT2D eigenvalue weighted by Gasteiger charge is -2.15. The Bertz CT molecular complexity index is 585. The van der Waals surface area contributed by atoms with Gasteiger partial charge in [0.15, 0.2) is 0 Å². The molecule has 1 aliphatic rings. The Morgan fingerprint density at radius 3 is 2.84 bits per heavy atom. The lowest BCUT2D eigenvalue weighted by atomic mass is 10.1. The van der Waals surface area contributed by atoms with Crippen molar-refractivity contribution in [2.75, 3.05) is 0 Å². The van der Waals surface area contributed by atoms with E-state index in [0.717, 1.165) is 23.8 Å². The summed E-state index contributed by atoms with van der Waals surface area (Å²) in [7, 11) is 0. The molecule has 0 radical (unpaired) electrons. The third kappa shape index (κ3) is 2.77. The van der Waals surface area contributed by atoms with Crippen LogP contribution in [0.25, 0.3) is 11.0 Å². The molecule has 0 spiro atoms. The fourth-order valence-electron chi connectivity index (χ4n) is 3.07. The Hall–Kier alpha value is -0.290. The summed E-state index contributed by atoms with van der Waals surface area (Å²) in [6, 6.07) is 6.48. The van der Waals surface area contributed by atoms with E-state index < -0.39 is 0 Å². The molecule has 0 amide bonds. The summed E-state index contributed by atoms with van der Waals surface area (Å²) in [6.45, 7) is 3.09. The number of imidazole rings is 1. The van der Waals surface area contributed by atoms with Crippen LogP contribution in [0.5, 0.6) is 0 Å². The highest BCUT2D eigenvalue weighted by Gasteiger charge is 2.20. The SMILES string of the molecule is CC(Cl)c1nc2cc(I)ccc2n1CC1CCCC1. The largest absolute Gasteiger partial charge is 0.326 e. The molecule has 1 aromatic carbocycles. The summed E-state index contributed by atoms with van der Waals surface area (Å²) in [5, 5.41) is -0.0357. The molecule has 1 atom stereocenters. The van der Waals surface area contributed by atoms with Crippen molar-refractivity contribution in [1.82, 2.24) is 9.55 Å². The molecule has 1 aromatic heterocycles. The number of benzene rings is 1. The second-order valence-electron chi connectivity index (χ2n) is 5.48. The predicted octanol–water partition coefficient (Wildman–Crippen LogP) is 5.13. The van der Waals surface area contributed by atoms with Gasteiger partial charge in [0.1, 0.15) is 5.82 Å². The van der Waals surface area contributed by atoms with E-state index in [1.807, 2.05) is 6.92 Å². The van der Waals surface area contributed by atoms with Crippen molar-refractivity contribution < 1.29 is 0 Å². The van der Waals surface area contributed by atoms with Crippen LogP contribution in [-0.2, 0) is 6.54 Å². The van der Waals surface area contributed by atoms with Gasteiger partial charge in [-0.2, -0.15) is 0 Å². The molecule has 0 bridgehead atoms. The first-order valence-electron chi connectivity index (χ1n) is 6.95. The van der Waals surface area contributed by atoms with Crippen LogP contribution in [0.1, 0.15) is 43.8 Å². The molecular weight excluding hydrogens is 371 g/mol. The molecule has 102 valence electrons. The lowest BCUT2D eigenvalue weighted by Crippen LogP contribution is -2.11. The fourth-order valence-corrected chi connectivity index (χ4v) is 3.71. The van der Waals surface area contributed by atoms with Gasteiger partial charge in [0.05, 0.1) is 16.4 Å². The highest BCUT2D eigenvalue weighted by Crippen LogP contribution is 2.31. The van der Waals surface area contributed by atoms with Crippen molar-refractivity contribution in [3.8, 4) is 0 Å². The van der Waals surface area contributed by atoms with Crippen LogP contribution in [0, 0.1) is 9.49 Å². The minimum atomic E-state index is -0.0357. The summed E-state index contributed by atoms with van der Waals surface area (Å²) < 4.78 is 3.57. The van der Waals surface area contributed by atoms with E-state index in [4.69, 9.17) is 16.6 Å². The Labute approximate surface area is 132 Å². The van der Waals surface area contributed by atoms with Crippen molar-refractivity contribution in [1.29, 1.82) is 0 Å². The monoisotopic (exact) mass is 388 g/mol. The third-order valence-corrected chi connectivity index (χ3v) is 4.88. The molecule has 1 saturated carbocycles. The van der Waals surface area contributed by atoms with Crippen molar-refractivity contribution >= 4 is 45.2 Å². The van der Waals surface area contributed by atoms with E-state index in [0.29, 0.717) is 0 Å². The van der Waals surface area contributed by atoms with Crippen LogP contribution in [0.15, 0.2) is 18.2 Å². The molecule has 0 N–H and O–H groups in total. The first-order valence-corrected chi connectivity index (χ1v) is 8.46. The molecule has 0 aliphatic heterocycles. The zero-order valence-electron chi connectivity index (χ0n) is 11.1. The van der Waals surface area contributed by atoms with Gasteiger partial charge in [0.25, 0.3) is 0 Å². The number of rotatable bonds is 3. The summed E-state index contributed by atoms with van der Waals surface area (Å²) >= 11 is 8.65. The molecule has 1 heterocycles. The molecule has 1 aliphatic carbocycles. The molecular formula is C15H18ClIN2. The van der Waals surface area contributed by atoms with Crippen molar-refractivity contribution in [3.05, 3.63) is 27.6 Å². The summed E-state index contributed by atoms with van der Waals surface area (Å²) in [4.78, 5) is 4.74. The van der Waals surface area contributed by atoms with E-state index in [2.05, 4.69) is 45.4 Å². The first-order chi connectivity index (χ1) is 9.15. The van der Waals surface area contributed by atoms with Crippen molar-refractivity contribution in [2.45, 2.75) is 44.5 Å². The Balaban J connectivity index is 2.05. The number of alkyl halides is 1. The number of aromatic nitrogens is 2. The van der Waals surface area contributed by atoms with Crippen LogP contribution in [0.3, 0.4) is 0 Å². The van der Waals surface area contributed by atoms with Gasteiger partial charge in [0.2, 0.25) is 0 Å². The summed E-state index contributed by atoms with van der Waals surface area (Å²) in [6.07, 6.45) is 5.45. The molecule has 1 fully saturated rings. The average Bonchev–Trinajstić information content (AvgIpc) is 2.97. The topological polar surface area (TPSA) is 17.8 Å². The van der Waals surface area contributed by atoms with Gasteiger partial charge in [-0.15, -0.1) is 11.6 Å². The third-order valence-electron chi connectivity index (χ3n) is 4.01. The predicted molar refractivity (Wildman–Crippen MR) is 88.7 cm³/mol. The molecule has 2 aromatic rings. The quantitative estimate of drug-likeness (QED) is 0.526. The maximum atomic E-state index is 6.32. The molecule has 19 heavy (non-hydrogen) atoms. The van der Waals surface area contributed by atoms with E-state index in [9.17, 15) is 0 Å². The second-order valence-corrected chi connectivity index (χ2v) is 7.38. The Kier molecular flexibility index (Phi) is 4.03. The van der Waals surface area contributed by atoms with Crippen LogP contribution in [0.4, 0.5) is 0 Å². The van der Waals surface area contributed by atoms with Crippen LogP contribution >= 0.6 is 34.2 Å². The highest BCUT2D eigenvalue weighted by molar-refractivity contribution is 14.1. The van der Waals surface area contributed by atoms with Gasteiger partial charge in [-0.3, -0.25) is 0 Å². The molecule has 1 unspecified atom stereocenters. The normalized spacial score (nSPS) is 18.3. The van der Waals surface area contributed by atoms with E-state index >= 15 is 0 Å². The van der Waals surface area contributed by atoms with E-state index in [1.165, 1.54) is 34.8 Å². The number of nitrogens with zero attached hydrogens (tertiary/aromatic N) is 2. The van der Waals surface area contributed by atoms with Gasteiger partial charge >= 0.3 is 0 Å². The Morgan fingerprint density at radius 2 is 2.16 bits per heavy atom. The molecule has 2 nitrogen and oxygen atoms in total. The molecule has 4 heteroatoms. The van der Waals surface area contributed by atoms with Gasteiger partial charge in [-0.25, -0.2) is 4.98 Å². The number of hydrogen-bond donors (Lipinski definition) is 0. The second kappa shape index (κ2) is 5.60. The lowest BCUT2D eigenvalue weighted by molar-refractivity contribution is 0.454. The number of fused-ring (bicyclic) bond motifs is 1. The Morgan fingerprint density at radius 1 is 1.42 bits per heavy atom. The van der Waals surface area contributed by atoms with Crippen molar-refractivity contribution in [3.63, 3.8) is 0 Å². The van der Waals surface area contributed by atoms with E-state index in [-0.39, 0.29) is 5.38 Å². The average molecular weight is 389 g/mol. The van der Waals surface area contributed by atoms with Crippen LogP contribution < -0.4 is 0 Å². The van der Waals surface area contributed by atoms with Crippen LogP contribution in [0.2, 0.25) is 0 Å². The van der Waals surface area contributed by atoms with Crippen LogP contribution in [-0.4, -0.2) is 9.55 Å². The zero-order valence-corrected chi connectivity index (χ0v) is 14.0. The summed E-state index contributed by atoms with van der Waals surface area (Å²) in [5.74, 6) is 1.82.